The van der Waals surface area contributed by atoms with Gasteiger partial charge in [-0.25, -0.2) is 0 Å². The van der Waals surface area contributed by atoms with Crippen molar-refractivity contribution >= 4 is 0 Å². The molecular formula is C12H29N3. The zero-order chi connectivity index (χ0) is 11.8. The average Bonchev–Trinajstić information content (AvgIpc) is 2.15. The smallest absolute Gasteiger partial charge is 0.0191 e. The normalized spacial score (nSPS) is 14.2. The summed E-state index contributed by atoms with van der Waals surface area (Å²) < 4.78 is 0. The van der Waals surface area contributed by atoms with Crippen LogP contribution in [0.1, 0.15) is 27.2 Å². The summed E-state index contributed by atoms with van der Waals surface area (Å²) in [6.45, 7) is 11.1. The highest BCUT2D eigenvalue weighted by Crippen LogP contribution is 2.02. The molecule has 0 radical (unpaired) electrons. The van der Waals surface area contributed by atoms with E-state index in [1.165, 1.54) is 6.42 Å². The Morgan fingerprint density at radius 2 is 1.73 bits per heavy atom. The lowest BCUT2D eigenvalue weighted by atomic mass is 10.1. The van der Waals surface area contributed by atoms with Gasteiger partial charge in [-0.15, -0.1) is 0 Å². The predicted molar refractivity (Wildman–Crippen MR) is 68.1 cm³/mol. The summed E-state index contributed by atoms with van der Waals surface area (Å²) in [4.78, 5) is 4.68. The van der Waals surface area contributed by atoms with E-state index in [1.807, 2.05) is 0 Å². The van der Waals surface area contributed by atoms with E-state index in [9.17, 15) is 0 Å². The van der Waals surface area contributed by atoms with Gasteiger partial charge in [-0.05, 0) is 46.1 Å². The van der Waals surface area contributed by atoms with Gasteiger partial charge in [-0.1, -0.05) is 20.8 Å². The predicted octanol–water partition coefficient (Wildman–Crippen LogP) is 1.24. The van der Waals surface area contributed by atoms with Crippen molar-refractivity contribution < 1.29 is 0 Å². The van der Waals surface area contributed by atoms with Gasteiger partial charge in [-0.3, -0.25) is 0 Å². The van der Waals surface area contributed by atoms with Crippen LogP contribution in [0, 0.1) is 5.92 Å². The van der Waals surface area contributed by atoms with Gasteiger partial charge in [0.15, 0.2) is 0 Å². The van der Waals surface area contributed by atoms with Crippen LogP contribution >= 0.6 is 0 Å². The van der Waals surface area contributed by atoms with Crippen molar-refractivity contribution in [3.63, 3.8) is 0 Å². The Kier molecular flexibility index (Phi) is 8.02. The van der Waals surface area contributed by atoms with Crippen LogP contribution in [-0.4, -0.2) is 56.1 Å². The first kappa shape index (κ1) is 14.9. The standard InChI is InChI=1S/C12H29N3/c1-6-15(9-7-8-14(4)5)10-12(13)11(2)3/h11-12H,6-10,13H2,1-5H3. The molecule has 1 atom stereocenters. The number of hydrogen-bond donors (Lipinski definition) is 1. The SMILES string of the molecule is CCN(CCCN(C)C)CC(N)C(C)C. The van der Waals surface area contributed by atoms with Crippen molar-refractivity contribution in [2.75, 3.05) is 40.3 Å². The van der Waals surface area contributed by atoms with E-state index in [0.29, 0.717) is 12.0 Å². The minimum absolute atomic E-state index is 0.310. The molecule has 0 saturated carbocycles. The molecule has 0 rings (SSSR count). The number of hydrogen-bond acceptors (Lipinski definition) is 3. The number of rotatable bonds is 8. The monoisotopic (exact) mass is 215 g/mol. The third-order valence-electron chi connectivity index (χ3n) is 2.85. The molecule has 1 unspecified atom stereocenters. The Hall–Kier alpha value is -0.120. The minimum atomic E-state index is 0.310. The van der Waals surface area contributed by atoms with Crippen LogP contribution in [0.3, 0.4) is 0 Å². The highest BCUT2D eigenvalue weighted by molar-refractivity contribution is 4.70. The van der Waals surface area contributed by atoms with Gasteiger partial charge in [0, 0.05) is 12.6 Å². The quantitative estimate of drug-likeness (QED) is 0.661. The van der Waals surface area contributed by atoms with Gasteiger partial charge in [0.2, 0.25) is 0 Å². The van der Waals surface area contributed by atoms with Crippen molar-refractivity contribution in [2.45, 2.75) is 33.2 Å². The molecule has 0 aromatic carbocycles. The van der Waals surface area contributed by atoms with Crippen LogP contribution in [0.15, 0.2) is 0 Å². The van der Waals surface area contributed by atoms with Crippen LogP contribution < -0.4 is 5.73 Å². The molecule has 0 bridgehead atoms. The fourth-order valence-corrected chi connectivity index (χ4v) is 1.50. The highest BCUT2D eigenvalue weighted by atomic mass is 15.1. The van der Waals surface area contributed by atoms with Gasteiger partial charge in [0.05, 0.1) is 0 Å². The molecule has 0 saturated heterocycles. The van der Waals surface area contributed by atoms with E-state index in [-0.39, 0.29) is 0 Å². The summed E-state index contributed by atoms with van der Waals surface area (Å²) in [6, 6.07) is 0.310. The van der Waals surface area contributed by atoms with Gasteiger partial charge in [0.25, 0.3) is 0 Å². The van der Waals surface area contributed by atoms with E-state index in [1.54, 1.807) is 0 Å². The lowest BCUT2D eigenvalue weighted by Gasteiger charge is -2.26. The molecule has 3 heteroatoms. The second-order valence-corrected chi connectivity index (χ2v) is 4.96. The summed E-state index contributed by atoms with van der Waals surface area (Å²) >= 11 is 0. The number of likely N-dealkylation sites (N-methyl/N-ethyl adjacent to an activating group) is 1. The van der Waals surface area contributed by atoms with Crippen LogP contribution in [0.2, 0.25) is 0 Å². The lowest BCUT2D eigenvalue weighted by Crippen LogP contribution is -2.41. The minimum Gasteiger partial charge on any atom is -0.326 e. The van der Waals surface area contributed by atoms with Gasteiger partial charge in [0.1, 0.15) is 0 Å². The maximum atomic E-state index is 6.07. The third-order valence-corrected chi connectivity index (χ3v) is 2.85. The molecule has 0 heterocycles. The molecule has 3 nitrogen and oxygen atoms in total. The average molecular weight is 215 g/mol. The Morgan fingerprint density at radius 3 is 2.13 bits per heavy atom. The summed E-state index contributed by atoms with van der Waals surface area (Å²) in [7, 11) is 4.24. The highest BCUT2D eigenvalue weighted by Gasteiger charge is 2.11. The second-order valence-electron chi connectivity index (χ2n) is 4.96. The van der Waals surface area contributed by atoms with E-state index in [4.69, 9.17) is 5.73 Å². The van der Waals surface area contributed by atoms with Gasteiger partial charge >= 0.3 is 0 Å². The van der Waals surface area contributed by atoms with Crippen molar-refractivity contribution in [1.82, 2.24) is 9.80 Å². The Bertz CT molecular complexity index is 146. The van der Waals surface area contributed by atoms with E-state index >= 15 is 0 Å². The Labute approximate surface area is 95.6 Å². The van der Waals surface area contributed by atoms with E-state index < -0.39 is 0 Å². The molecular weight excluding hydrogens is 186 g/mol. The summed E-state index contributed by atoms with van der Waals surface area (Å²) in [5, 5.41) is 0. The molecule has 0 fully saturated rings. The summed E-state index contributed by atoms with van der Waals surface area (Å²) in [5.74, 6) is 0.577. The van der Waals surface area contributed by atoms with Gasteiger partial charge in [-0.2, -0.15) is 0 Å². The number of nitrogens with two attached hydrogens (primary N) is 1. The zero-order valence-electron chi connectivity index (χ0n) is 11.2. The molecule has 0 aliphatic heterocycles. The zero-order valence-corrected chi connectivity index (χ0v) is 11.2. The molecule has 15 heavy (non-hydrogen) atoms. The second kappa shape index (κ2) is 8.08. The third kappa shape index (κ3) is 7.77. The van der Waals surface area contributed by atoms with Crippen molar-refractivity contribution in [3.05, 3.63) is 0 Å². The van der Waals surface area contributed by atoms with E-state index in [2.05, 4.69) is 44.7 Å². The van der Waals surface area contributed by atoms with Gasteiger partial charge < -0.3 is 15.5 Å². The maximum absolute atomic E-state index is 6.07. The first-order valence-electron chi connectivity index (χ1n) is 6.10. The van der Waals surface area contributed by atoms with Crippen LogP contribution in [0.4, 0.5) is 0 Å². The summed E-state index contributed by atoms with van der Waals surface area (Å²) in [5.41, 5.74) is 6.07. The molecule has 0 spiro atoms. The Morgan fingerprint density at radius 1 is 1.13 bits per heavy atom. The fraction of sp³-hybridized carbons (Fsp3) is 1.00. The van der Waals surface area contributed by atoms with Crippen molar-refractivity contribution in [3.8, 4) is 0 Å². The molecule has 0 aromatic rings. The molecule has 2 N–H and O–H groups in total. The first-order chi connectivity index (χ1) is 6.97. The molecule has 0 aliphatic rings. The summed E-state index contributed by atoms with van der Waals surface area (Å²) in [6.07, 6.45) is 1.23. The topological polar surface area (TPSA) is 32.5 Å². The van der Waals surface area contributed by atoms with Crippen molar-refractivity contribution in [1.29, 1.82) is 0 Å². The van der Waals surface area contributed by atoms with E-state index in [0.717, 1.165) is 26.2 Å². The molecule has 0 amide bonds. The lowest BCUT2D eigenvalue weighted by molar-refractivity contribution is 0.235. The molecule has 92 valence electrons. The largest absolute Gasteiger partial charge is 0.326 e. The van der Waals surface area contributed by atoms with Crippen molar-refractivity contribution in [2.24, 2.45) is 11.7 Å². The fourth-order valence-electron chi connectivity index (χ4n) is 1.50. The Balaban J connectivity index is 3.72. The maximum Gasteiger partial charge on any atom is 0.0191 e. The van der Waals surface area contributed by atoms with Crippen LogP contribution in [-0.2, 0) is 0 Å². The molecule has 0 aromatic heterocycles. The number of nitrogens with zero attached hydrogens (tertiary/aromatic N) is 2. The first-order valence-corrected chi connectivity index (χ1v) is 6.10. The van der Waals surface area contributed by atoms with Crippen LogP contribution in [0.5, 0.6) is 0 Å². The van der Waals surface area contributed by atoms with Crippen LogP contribution in [0.25, 0.3) is 0 Å². The molecule has 0 aliphatic carbocycles.